The quantitative estimate of drug-likeness (QED) is 0.450. The van der Waals surface area contributed by atoms with Gasteiger partial charge in [-0.1, -0.05) is 0 Å². The second-order valence-electron chi connectivity index (χ2n) is 4.02. The number of carboxylic acids is 1. The molecule has 8 nitrogen and oxygen atoms in total. The summed E-state index contributed by atoms with van der Waals surface area (Å²) in [7, 11) is 0. The third-order valence-corrected chi connectivity index (χ3v) is 2.47. The van der Waals surface area contributed by atoms with Gasteiger partial charge in [0.2, 0.25) is 5.91 Å². The van der Waals surface area contributed by atoms with Crippen LogP contribution in [0.15, 0.2) is 24.3 Å². The lowest BCUT2D eigenvalue weighted by Crippen LogP contribution is -2.41. The van der Waals surface area contributed by atoms with Crippen LogP contribution in [-0.4, -0.2) is 33.7 Å². The molecular formula is C12H12N2O6. The Hall–Kier alpha value is -2.77. The van der Waals surface area contributed by atoms with Gasteiger partial charge in [-0.2, -0.15) is 0 Å². The smallest absolute Gasteiger partial charge is 0.326 e. The second-order valence-corrected chi connectivity index (χ2v) is 4.02. The van der Waals surface area contributed by atoms with Crippen molar-refractivity contribution >= 4 is 23.3 Å². The maximum absolute atomic E-state index is 11.8. The number of ketones is 1. The van der Waals surface area contributed by atoms with Gasteiger partial charge < -0.3 is 10.4 Å². The average molecular weight is 280 g/mol. The molecule has 0 fully saturated rings. The van der Waals surface area contributed by atoms with E-state index in [2.05, 4.69) is 5.32 Å². The highest BCUT2D eigenvalue weighted by molar-refractivity contribution is 5.99. The molecule has 1 aromatic rings. The van der Waals surface area contributed by atoms with Crippen LogP contribution in [0, 0.1) is 10.1 Å². The van der Waals surface area contributed by atoms with E-state index in [1.54, 1.807) is 0 Å². The van der Waals surface area contributed by atoms with Crippen LogP contribution in [0.5, 0.6) is 0 Å². The highest BCUT2D eigenvalue weighted by atomic mass is 16.6. The van der Waals surface area contributed by atoms with Crippen molar-refractivity contribution in [2.24, 2.45) is 0 Å². The molecule has 0 saturated carbocycles. The number of aliphatic carboxylic acids is 1. The Morgan fingerprint density at radius 3 is 2.25 bits per heavy atom. The molecule has 0 aliphatic carbocycles. The molecule has 0 radical (unpaired) electrons. The van der Waals surface area contributed by atoms with Crippen molar-refractivity contribution in [2.75, 3.05) is 0 Å². The van der Waals surface area contributed by atoms with Crippen LogP contribution in [0.4, 0.5) is 5.69 Å². The van der Waals surface area contributed by atoms with E-state index in [4.69, 9.17) is 5.11 Å². The number of nitrogens with one attached hydrogen (secondary N) is 1. The first kappa shape index (κ1) is 15.3. The summed E-state index contributed by atoms with van der Waals surface area (Å²) in [4.78, 5) is 43.4. The number of Topliss-reactive ketones (excluding diaryl/α,β-unsaturated/α-hetero) is 1. The largest absolute Gasteiger partial charge is 0.480 e. The number of nitro groups is 1. The Morgan fingerprint density at radius 2 is 1.85 bits per heavy atom. The van der Waals surface area contributed by atoms with E-state index in [-0.39, 0.29) is 11.3 Å². The number of hydrogen-bond acceptors (Lipinski definition) is 5. The normalized spacial score (nSPS) is 11.4. The minimum absolute atomic E-state index is 0.146. The van der Waals surface area contributed by atoms with Gasteiger partial charge in [-0.25, -0.2) is 4.79 Å². The van der Waals surface area contributed by atoms with E-state index in [1.807, 2.05) is 0 Å². The van der Waals surface area contributed by atoms with Crippen LogP contribution in [0.25, 0.3) is 0 Å². The fourth-order valence-electron chi connectivity index (χ4n) is 1.52. The molecule has 0 aliphatic heterocycles. The number of nitrogens with zero attached hydrogens (tertiary/aromatic N) is 1. The highest BCUT2D eigenvalue weighted by Crippen LogP contribution is 2.14. The number of rotatable bonds is 6. The molecule has 0 spiro atoms. The standard InChI is InChI=1S/C12H12N2O6/c1-7(15)13-10(12(17)18)6-11(16)8-2-4-9(5-3-8)14(19)20/h2-5,10H,6H2,1H3,(H,13,15)(H,17,18). The molecule has 1 aromatic carbocycles. The lowest BCUT2D eigenvalue weighted by molar-refractivity contribution is -0.384. The molecule has 1 unspecified atom stereocenters. The van der Waals surface area contributed by atoms with Gasteiger partial charge in [-0.3, -0.25) is 19.7 Å². The number of amides is 1. The van der Waals surface area contributed by atoms with E-state index in [1.165, 1.54) is 12.1 Å². The summed E-state index contributed by atoms with van der Waals surface area (Å²) in [5, 5.41) is 21.5. The highest BCUT2D eigenvalue weighted by Gasteiger charge is 2.23. The zero-order valence-corrected chi connectivity index (χ0v) is 10.5. The zero-order chi connectivity index (χ0) is 15.3. The van der Waals surface area contributed by atoms with E-state index < -0.39 is 35.0 Å². The Bertz CT molecular complexity index is 552. The number of carbonyl (C=O) groups excluding carboxylic acids is 2. The number of nitro benzene ring substituents is 1. The van der Waals surface area contributed by atoms with Crippen LogP contribution in [0.3, 0.4) is 0 Å². The summed E-state index contributed by atoms with van der Waals surface area (Å²) in [5.41, 5.74) is -0.0228. The van der Waals surface area contributed by atoms with Crippen molar-refractivity contribution in [3.8, 4) is 0 Å². The van der Waals surface area contributed by atoms with Crippen LogP contribution >= 0.6 is 0 Å². The first-order chi connectivity index (χ1) is 9.31. The molecule has 1 amide bonds. The fourth-order valence-corrected chi connectivity index (χ4v) is 1.52. The topological polar surface area (TPSA) is 127 Å². The van der Waals surface area contributed by atoms with Crippen molar-refractivity contribution in [3.05, 3.63) is 39.9 Å². The first-order valence-corrected chi connectivity index (χ1v) is 5.59. The lowest BCUT2D eigenvalue weighted by Gasteiger charge is -2.12. The summed E-state index contributed by atoms with van der Waals surface area (Å²) < 4.78 is 0. The number of carbonyl (C=O) groups is 3. The van der Waals surface area contributed by atoms with Gasteiger partial charge in [-0.05, 0) is 12.1 Å². The van der Waals surface area contributed by atoms with Gasteiger partial charge in [0.05, 0.1) is 4.92 Å². The molecule has 2 N–H and O–H groups in total. The summed E-state index contributed by atoms with van der Waals surface area (Å²) in [6, 6.07) is 3.47. The molecule has 20 heavy (non-hydrogen) atoms. The Kier molecular flexibility index (Phi) is 4.90. The van der Waals surface area contributed by atoms with Crippen LogP contribution < -0.4 is 5.32 Å². The maximum Gasteiger partial charge on any atom is 0.326 e. The zero-order valence-electron chi connectivity index (χ0n) is 10.5. The Labute approximate surface area is 113 Å². The molecule has 106 valence electrons. The predicted octanol–water partition coefficient (Wildman–Crippen LogP) is 0.757. The molecule has 0 aliphatic rings. The van der Waals surface area contributed by atoms with Crippen LogP contribution in [0.2, 0.25) is 0 Å². The molecule has 0 aromatic heterocycles. The number of hydrogen-bond donors (Lipinski definition) is 2. The SMILES string of the molecule is CC(=O)NC(CC(=O)c1ccc([N+](=O)[O-])cc1)C(=O)O. The molecule has 1 atom stereocenters. The minimum atomic E-state index is -1.32. The van der Waals surface area contributed by atoms with Gasteiger partial charge in [0, 0.05) is 31.0 Å². The molecular weight excluding hydrogens is 268 g/mol. The van der Waals surface area contributed by atoms with Crippen molar-refractivity contribution in [3.63, 3.8) is 0 Å². The first-order valence-electron chi connectivity index (χ1n) is 5.59. The van der Waals surface area contributed by atoms with Gasteiger partial charge in [0.25, 0.3) is 5.69 Å². The van der Waals surface area contributed by atoms with E-state index in [0.29, 0.717) is 0 Å². The fraction of sp³-hybridized carbons (Fsp3) is 0.250. The van der Waals surface area contributed by atoms with E-state index in [9.17, 15) is 24.5 Å². The van der Waals surface area contributed by atoms with E-state index >= 15 is 0 Å². The van der Waals surface area contributed by atoms with Crippen LogP contribution in [-0.2, 0) is 9.59 Å². The molecule has 8 heteroatoms. The minimum Gasteiger partial charge on any atom is -0.480 e. The summed E-state index contributed by atoms with van der Waals surface area (Å²) >= 11 is 0. The summed E-state index contributed by atoms with van der Waals surface area (Å²) in [6.07, 6.45) is -0.424. The van der Waals surface area contributed by atoms with Crippen molar-refractivity contribution in [1.82, 2.24) is 5.32 Å². The van der Waals surface area contributed by atoms with E-state index in [0.717, 1.165) is 19.1 Å². The molecule has 0 heterocycles. The molecule has 0 saturated heterocycles. The third-order valence-electron chi connectivity index (χ3n) is 2.47. The summed E-state index contributed by atoms with van der Waals surface area (Å²) in [5.74, 6) is -2.41. The van der Waals surface area contributed by atoms with Crippen molar-refractivity contribution < 1.29 is 24.4 Å². The summed E-state index contributed by atoms with van der Waals surface area (Å²) in [6.45, 7) is 1.15. The lowest BCUT2D eigenvalue weighted by atomic mass is 10.0. The van der Waals surface area contributed by atoms with Crippen molar-refractivity contribution in [2.45, 2.75) is 19.4 Å². The van der Waals surface area contributed by atoms with Gasteiger partial charge in [0.15, 0.2) is 5.78 Å². The monoisotopic (exact) mass is 280 g/mol. The number of non-ortho nitro benzene ring substituents is 1. The average Bonchev–Trinajstić information content (AvgIpc) is 2.37. The second kappa shape index (κ2) is 6.41. The Balaban J connectivity index is 2.80. The number of benzene rings is 1. The number of carboxylic acid groups (broad SMARTS) is 1. The van der Waals surface area contributed by atoms with Gasteiger partial charge in [-0.15, -0.1) is 0 Å². The Morgan fingerprint density at radius 1 is 1.30 bits per heavy atom. The van der Waals surface area contributed by atoms with Crippen molar-refractivity contribution in [1.29, 1.82) is 0 Å². The van der Waals surface area contributed by atoms with Crippen LogP contribution in [0.1, 0.15) is 23.7 Å². The maximum atomic E-state index is 11.8. The third kappa shape index (κ3) is 4.16. The predicted molar refractivity (Wildman–Crippen MR) is 67.3 cm³/mol. The molecule has 0 bridgehead atoms. The molecule has 1 rings (SSSR count). The van der Waals surface area contributed by atoms with Gasteiger partial charge >= 0.3 is 5.97 Å². The van der Waals surface area contributed by atoms with Gasteiger partial charge in [0.1, 0.15) is 6.04 Å².